The van der Waals surface area contributed by atoms with E-state index in [0.717, 1.165) is 33.0 Å². The zero-order valence-corrected chi connectivity index (χ0v) is 18.6. The van der Waals surface area contributed by atoms with Crippen molar-refractivity contribution in [3.8, 4) is 33.8 Å². The van der Waals surface area contributed by atoms with Gasteiger partial charge in [0.1, 0.15) is 11.5 Å². The van der Waals surface area contributed by atoms with Crippen LogP contribution in [-0.2, 0) is 0 Å². The molecule has 0 spiro atoms. The van der Waals surface area contributed by atoms with E-state index in [9.17, 15) is 10.2 Å². The molecule has 0 aromatic heterocycles. The highest BCUT2D eigenvalue weighted by atomic mass is 16.3. The van der Waals surface area contributed by atoms with Crippen LogP contribution >= 0.6 is 0 Å². The van der Waals surface area contributed by atoms with E-state index in [1.165, 1.54) is 10.8 Å². The number of fused-ring (bicyclic) bond motifs is 2. The molecule has 0 saturated carbocycles. The van der Waals surface area contributed by atoms with E-state index in [1.807, 2.05) is 97.1 Å². The number of hydrogen-bond acceptors (Lipinski definition) is 2. The van der Waals surface area contributed by atoms with Crippen molar-refractivity contribution in [2.45, 2.75) is 0 Å². The Bertz CT molecular complexity index is 1570. The molecule has 0 unspecified atom stereocenters. The molecule has 6 aromatic carbocycles. The van der Waals surface area contributed by atoms with Gasteiger partial charge in [0.25, 0.3) is 0 Å². The van der Waals surface area contributed by atoms with E-state index in [1.54, 1.807) is 6.07 Å². The lowest BCUT2D eigenvalue weighted by molar-refractivity contribution is 0.477. The molecule has 2 heteroatoms. The van der Waals surface area contributed by atoms with Crippen molar-refractivity contribution in [2.75, 3.05) is 0 Å². The van der Waals surface area contributed by atoms with Crippen molar-refractivity contribution in [2.24, 2.45) is 0 Å². The SMILES string of the molecule is Oc1cc2ccccc2cc1-c1ccccc1.Oc1ccccc1-c1ccc2ccccc2c1. The topological polar surface area (TPSA) is 40.5 Å². The molecule has 34 heavy (non-hydrogen) atoms. The number of aromatic hydroxyl groups is 2. The van der Waals surface area contributed by atoms with Crippen LogP contribution in [0.3, 0.4) is 0 Å². The molecule has 0 radical (unpaired) electrons. The van der Waals surface area contributed by atoms with E-state index >= 15 is 0 Å². The van der Waals surface area contributed by atoms with Gasteiger partial charge in [-0.2, -0.15) is 0 Å². The molecule has 0 amide bonds. The minimum absolute atomic E-state index is 0.322. The first kappa shape index (κ1) is 21.3. The number of phenolic OH excluding ortho intramolecular Hbond substituents is 2. The summed E-state index contributed by atoms with van der Waals surface area (Å²) >= 11 is 0. The fraction of sp³-hybridized carbons (Fsp3) is 0. The van der Waals surface area contributed by atoms with Crippen LogP contribution in [0.2, 0.25) is 0 Å². The Morgan fingerprint density at radius 2 is 0.882 bits per heavy atom. The summed E-state index contributed by atoms with van der Waals surface area (Å²) in [6.07, 6.45) is 0. The maximum Gasteiger partial charge on any atom is 0.124 e. The monoisotopic (exact) mass is 440 g/mol. The Morgan fingerprint density at radius 3 is 1.59 bits per heavy atom. The molecule has 2 nitrogen and oxygen atoms in total. The maximum atomic E-state index is 10.1. The van der Waals surface area contributed by atoms with Crippen LogP contribution in [0.25, 0.3) is 43.8 Å². The molecule has 0 atom stereocenters. The van der Waals surface area contributed by atoms with Crippen LogP contribution in [-0.4, -0.2) is 10.2 Å². The van der Waals surface area contributed by atoms with Gasteiger partial charge in [0.15, 0.2) is 0 Å². The molecule has 164 valence electrons. The van der Waals surface area contributed by atoms with Crippen LogP contribution < -0.4 is 0 Å². The van der Waals surface area contributed by atoms with Crippen molar-refractivity contribution in [1.82, 2.24) is 0 Å². The fourth-order valence-corrected chi connectivity index (χ4v) is 4.15. The molecule has 2 N–H and O–H groups in total. The molecule has 6 aromatic rings. The van der Waals surface area contributed by atoms with Gasteiger partial charge in [-0.25, -0.2) is 0 Å². The van der Waals surface area contributed by atoms with Gasteiger partial charge in [-0.1, -0.05) is 109 Å². The van der Waals surface area contributed by atoms with Gasteiger partial charge < -0.3 is 10.2 Å². The van der Waals surface area contributed by atoms with Crippen molar-refractivity contribution in [1.29, 1.82) is 0 Å². The highest BCUT2D eigenvalue weighted by Crippen LogP contribution is 2.33. The largest absolute Gasteiger partial charge is 0.507 e. The summed E-state index contributed by atoms with van der Waals surface area (Å²) in [5.74, 6) is 0.651. The van der Waals surface area contributed by atoms with Gasteiger partial charge in [0, 0.05) is 11.1 Å². The van der Waals surface area contributed by atoms with E-state index in [2.05, 4.69) is 30.3 Å². The fourth-order valence-electron chi connectivity index (χ4n) is 4.15. The smallest absolute Gasteiger partial charge is 0.124 e. The average Bonchev–Trinajstić information content (AvgIpc) is 2.89. The number of rotatable bonds is 2. The van der Waals surface area contributed by atoms with Crippen molar-refractivity contribution >= 4 is 21.5 Å². The Hall–Kier alpha value is -4.56. The van der Waals surface area contributed by atoms with Crippen LogP contribution in [0.4, 0.5) is 0 Å². The molecular formula is C32H24O2. The van der Waals surface area contributed by atoms with Crippen LogP contribution in [0.15, 0.2) is 133 Å². The molecule has 0 aliphatic rings. The molecule has 0 fully saturated rings. The van der Waals surface area contributed by atoms with Crippen molar-refractivity contribution in [3.63, 3.8) is 0 Å². The summed E-state index contributed by atoms with van der Waals surface area (Å²) in [4.78, 5) is 0. The summed E-state index contributed by atoms with van der Waals surface area (Å²) in [5, 5.41) is 24.5. The standard InChI is InChI=1S/2C16H12O/c17-16-8-4-3-7-15(16)14-10-9-12-5-1-2-6-13(12)11-14;17-16-11-14-9-5-4-8-13(14)10-15(16)12-6-2-1-3-7-12/h2*1-11,17H. The molecule has 0 aliphatic carbocycles. The first-order valence-electron chi connectivity index (χ1n) is 11.2. The Morgan fingerprint density at radius 1 is 0.324 bits per heavy atom. The van der Waals surface area contributed by atoms with Gasteiger partial charge >= 0.3 is 0 Å². The summed E-state index contributed by atoms with van der Waals surface area (Å²) in [5.41, 5.74) is 3.83. The second-order valence-corrected chi connectivity index (χ2v) is 8.16. The van der Waals surface area contributed by atoms with E-state index in [0.29, 0.717) is 11.5 Å². The highest BCUT2D eigenvalue weighted by Gasteiger charge is 2.06. The van der Waals surface area contributed by atoms with Crippen molar-refractivity contribution < 1.29 is 10.2 Å². The lowest BCUT2D eigenvalue weighted by atomic mass is 10.0. The molecule has 6 rings (SSSR count). The minimum Gasteiger partial charge on any atom is -0.507 e. The summed E-state index contributed by atoms with van der Waals surface area (Å²) in [6, 6.07) is 43.7. The molecular weight excluding hydrogens is 416 g/mol. The second-order valence-electron chi connectivity index (χ2n) is 8.16. The highest BCUT2D eigenvalue weighted by molar-refractivity contribution is 5.90. The predicted octanol–water partition coefficient (Wildman–Crippen LogP) is 8.42. The third-order valence-electron chi connectivity index (χ3n) is 5.91. The summed E-state index contributed by atoms with van der Waals surface area (Å²) in [7, 11) is 0. The van der Waals surface area contributed by atoms with E-state index in [4.69, 9.17) is 0 Å². The van der Waals surface area contributed by atoms with Gasteiger partial charge in [-0.3, -0.25) is 0 Å². The zero-order chi connectivity index (χ0) is 23.3. The molecule has 0 saturated heterocycles. The van der Waals surface area contributed by atoms with Crippen LogP contribution in [0.1, 0.15) is 0 Å². The Labute approximate surface area is 199 Å². The van der Waals surface area contributed by atoms with E-state index in [-0.39, 0.29) is 0 Å². The minimum atomic E-state index is 0.322. The average molecular weight is 441 g/mol. The molecule has 0 heterocycles. The van der Waals surface area contributed by atoms with Gasteiger partial charge in [-0.05, 0) is 56.9 Å². The van der Waals surface area contributed by atoms with Gasteiger partial charge in [0.2, 0.25) is 0 Å². The first-order chi connectivity index (χ1) is 16.7. The number of phenols is 2. The summed E-state index contributed by atoms with van der Waals surface area (Å²) in [6.45, 7) is 0. The third-order valence-corrected chi connectivity index (χ3v) is 5.91. The Kier molecular flexibility index (Phi) is 5.96. The second kappa shape index (κ2) is 9.51. The lowest BCUT2D eigenvalue weighted by Gasteiger charge is -2.07. The predicted molar refractivity (Wildman–Crippen MR) is 142 cm³/mol. The van der Waals surface area contributed by atoms with Gasteiger partial charge in [-0.15, -0.1) is 0 Å². The quantitative estimate of drug-likeness (QED) is 0.284. The number of para-hydroxylation sites is 1. The zero-order valence-electron chi connectivity index (χ0n) is 18.6. The third kappa shape index (κ3) is 4.48. The lowest BCUT2D eigenvalue weighted by Crippen LogP contribution is -1.80. The first-order valence-corrected chi connectivity index (χ1v) is 11.2. The maximum absolute atomic E-state index is 10.1. The Balaban J connectivity index is 0.000000142. The van der Waals surface area contributed by atoms with Gasteiger partial charge in [0.05, 0.1) is 0 Å². The van der Waals surface area contributed by atoms with E-state index < -0.39 is 0 Å². The van der Waals surface area contributed by atoms with Crippen LogP contribution in [0, 0.1) is 0 Å². The normalized spacial score (nSPS) is 10.6. The number of hydrogen-bond donors (Lipinski definition) is 2. The number of benzene rings is 6. The van der Waals surface area contributed by atoms with Crippen LogP contribution in [0.5, 0.6) is 11.5 Å². The molecule has 0 aliphatic heterocycles. The summed E-state index contributed by atoms with van der Waals surface area (Å²) < 4.78 is 0. The molecule has 0 bridgehead atoms. The van der Waals surface area contributed by atoms with Crippen molar-refractivity contribution in [3.05, 3.63) is 133 Å².